The van der Waals surface area contributed by atoms with Crippen LogP contribution in [-0.4, -0.2) is 47.4 Å². The first-order chi connectivity index (χ1) is 37.5. The third-order valence-electron chi connectivity index (χ3n) is 15.9. The smallest absolute Gasteiger partial charge is 0.305 e. The molecule has 0 aromatic rings. The van der Waals surface area contributed by atoms with Gasteiger partial charge in [-0.1, -0.05) is 333 Å². The standard InChI is InChI=1S/C70H133NO5/c1-3-5-7-9-11-13-15-17-19-31-36-40-44-48-52-56-60-64-70(75)76-65-61-57-53-49-45-41-37-33-30-28-26-24-22-21-23-25-27-29-32-35-39-43-47-51-55-59-63-69(74)71-67(66-72)68(73)62-58-54-50-46-42-38-34-20-18-16-14-12-10-8-6-4-2/h11,13,17,19,58,62,67-68,72-73H,3-10,12,14-16,18,20-57,59-61,63-66H2,1-2H3,(H,71,74)/b13-11-,19-17-,62-58+. The Labute approximate surface area is 474 Å². The maximum atomic E-state index is 12.5. The molecule has 0 aliphatic heterocycles. The Morgan fingerprint density at radius 3 is 1.03 bits per heavy atom. The Kier molecular flexibility index (Phi) is 63.9. The molecule has 0 bridgehead atoms. The van der Waals surface area contributed by atoms with Crippen LogP contribution < -0.4 is 5.32 Å². The lowest BCUT2D eigenvalue weighted by molar-refractivity contribution is -0.143. The molecule has 6 nitrogen and oxygen atoms in total. The molecule has 0 fully saturated rings. The number of hydrogen-bond acceptors (Lipinski definition) is 5. The van der Waals surface area contributed by atoms with E-state index in [1.54, 1.807) is 6.08 Å². The lowest BCUT2D eigenvalue weighted by atomic mass is 10.0. The quantitative estimate of drug-likeness (QED) is 0.0320. The second-order valence-electron chi connectivity index (χ2n) is 23.5. The zero-order valence-corrected chi connectivity index (χ0v) is 51.3. The van der Waals surface area contributed by atoms with Crippen LogP contribution in [0.2, 0.25) is 0 Å². The fraction of sp³-hybridized carbons (Fsp3) is 0.886. The van der Waals surface area contributed by atoms with E-state index >= 15 is 0 Å². The SMILES string of the molecule is CCCCC/C=C\C/C=C\CCCCCCCCCC(=O)OCCCCCCCCCCCCCCCCCCCCCCCCCCCCC(=O)NC(CO)C(O)/C=C/CCCCCCCCCCCCCCCC. The topological polar surface area (TPSA) is 95.9 Å². The van der Waals surface area contributed by atoms with Crippen molar-refractivity contribution >= 4 is 11.9 Å². The predicted octanol–water partition coefficient (Wildman–Crippen LogP) is 21.9. The minimum absolute atomic E-state index is 0.00941. The zero-order valence-electron chi connectivity index (χ0n) is 51.3. The van der Waals surface area contributed by atoms with Crippen molar-refractivity contribution in [2.75, 3.05) is 13.2 Å². The predicted molar refractivity (Wildman–Crippen MR) is 333 cm³/mol. The Morgan fingerprint density at radius 1 is 0.368 bits per heavy atom. The van der Waals surface area contributed by atoms with Crippen molar-refractivity contribution in [3.8, 4) is 0 Å². The van der Waals surface area contributed by atoms with Gasteiger partial charge in [-0.3, -0.25) is 9.59 Å². The molecule has 0 aliphatic carbocycles. The normalized spacial score (nSPS) is 12.7. The highest BCUT2D eigenvalue weighted by atomic mass is 16.5. The number of carbonyl (C=O) groups excluding carboxylic acids is 2. The summed E-state index contributed by atoms with van der Waals surface area (Å²) in [6.45, 7) is 4.90. The fourth-order valence-electron chi connectivity index (χ4n) is 10.7. The lowest BCUT2D eigenvalue weighted by Crippen LogP contribution is -2.45. The van der Waals surface area contributed by atoms with Crippen LogP contribution in [0.1, 0.15) is 373 Å². The van der Waals surface area contributed by atoms with Crippen LogP contribution in [0.5, 0.6) is 0 Å². The molecule has 0 radical (unpaired) electrons. The Hall–Kier alpha value is -1.92. The van der Waals surface area contributed by atoms with Crippen molar-refractivity contribution in [3.63, 3.8) is 0 Å². The summed E-state index contributed by atoms with van der Waals surface area (Å²) in [5, 5.41) is 23.2. The minimum Gasteiger partial charge on any atom is -0.466 e. The molecule has 0 aliphatic rings. The molecule has 2 atom stereocenters. The summed E-state index contributed by atoms with van der Waals surface area (Å²) in [6, 6.07) is -0.626. The molecule has 0 saturated carbocycles. The third-order valence-corrected chi connectivity index (χ3v) is 15.9. The average molecular weight is 1070 g/mol. The number of esters is 1. The van der Waals surface area contributed by atoms with Gasteiger partial charge in [-0.25, -0.2) is 0 Å². The lowest BCUT2D eigenvalue weighted by Gasteiger charge is -2.20. The van der Waals surface area contributed by atoms with E-state index in [1.165, 1.54) is 295 Å². The van der Waals surface area contributed by atoms with Crippen LogP contribution in [0.15, 0.2) is 36.5 Å². The van der Waals surface area contributed by atoms with Gasteiger partial charge in [0.1, 0.15) is 0 Å². The van der Waals surface area contributed by atoms with Gasteiger partial charge in [-0.05, 0) is 64.2 Å². The first-order valence-corrected chi connectivity index (χ1v) is 34.3. The first-order valence-electron chi connectivity index (χ1n) is 34.3. The van der Waals surface area contributed by atoms with Gasteiger partial charge in [0.05, 0.1) is 25.4 Å². The summed E-state index contributed by atoms with van der Waals surface area (Å²) >= 11 is 0. The molecule has 3 N–H and O–H groups in total. The van der Waals surface area contributed by atoms with E-state index < -0.39 is 12.1 Å². The monoisotopic (exact) mass is 1070 g/mol. The molecule has 1 amide bonds. The van der Waals surface area contributed by atoms with Crippen molar-refractivity contribution in [1.82, 2.24) is 5.32 Å². The number of aliphatic hydroxyl groups excluding tert-OH is 2. The van der Waals surface area contributed by atoms with Crippen LogP contribution in [0, 0.1) is 0 Å². The van der Waals surface area contributed by atoms with Crippen molar-refractivity contribution in [3.05, 3.63) is 36.5 Å². The van der Waals surface area contributed by atoms with Crippen LogP contribution in [0.3, 0.4) is 0 Å². The molecule has 6 heteroatoms. The summed E-state index contributed by atoms with van der Waals surface area (Å²) < 4.78 is 5.50. The number of rotatable bonds is 64. The summed E-state index contributed by atoms with van der Waals surface area (Å²) in [7, 11) is 0. The molecule has 0 aromatic heterocycles. The molecule has 448 valence electrons. The van der Waals surface area contributed by atoms with Crippen molar-refractivity contribution in [1.29, 1.82) is 0 Å². The second-order valence-corrected chi connectivity index (χ2v) is 23.5. The molecule has 0 saturated heterocycles. The first kappa shape index (κ1) is 74.1. The molecule has 76 heavy (non-hydrogen) atoms. The molecule has 0 spiro atoms. The van der Waals surface area contributed by atoms with E-state index in [-0.39, 0.29) is 18.5 Å². The van der Waals surface area contributed by atoms with E-state index in [4.69, 9.17) is 4.74 Å². The van der Waals surface area contributed by atoms with Gasteiger partial charge < -0.3 is 20.3 Å². The fourth-order valence-corrected chi connectivity index (χ4v) is 10.7. The van der Waals surface area contributed by atoms with Gasteiger partial charge in [0.2, 0.25) is 5.91 Å². The molecule has 0 heterocycles. The highest BCUT2D eigenvalue weighted by molar-refractivity contribution is 5.76. The summed E-state index contributed by atoms with van der Waals surface area (Å²) in [6.07, 6.45) is 83.5. The van der Waals surface area contributed by atoms with Crippen molar-refractivity contribution < 1.29 is 24.5 Å². The summed E-state index contributed by atoms with van der Waals surface area (Å²) in [5.74, 6) is -0.0541. The maximum absolute atomic E-state index is 12.5. The Morgan fingerprint density at radius 2 is 0.658 bits per heavy atom. The van der Waals surface area contributed by atoms with Gasteiger partial charge in [-0.15, -0.1) is 0 Å². The number of allylic oxidation sites excluding steroid dienone is 5. The number of unbranched alkanes of at least 4 members (excludes halogenated alkanes) is 49. The largest absolute Gasteiger partial charge is 0.466 e. The van der Waals surface area contributed by atoms with Gasteiger partial charge >= 0.3 is 5.97 Å². The number of ether oxygens (including phenoxy) is 1. The Bertz CT molecular complexity index is 1230. The van der Waals surface area contributed by atoms with Crippen LogP contribution in [0.4, 0.5) is 0 Å². The molecular weight excluding hydrogens is 935 g/mol. The maximum Gasteiger partial charge on any atom is 0.305 e. The van der Waals surface area contributed by atoms with E-state index in [9.17, 15) is 19.8 Å². The van der Waals surface area contributed by atoms with E-state index in [2.05, 4.69) is 43.5 Å². The summed E-state index contributed by atoms with van der Waals surface area (Å²) in [4.78, 5) is 24.6. The average Bonchev–Trinajstić information content (AvgIpc) is 3.42. The highest BCUT2D eigenvalue weighted by Gasteiger charge is 2.18. The van der Waals surface area contributed by atoms with Gasteiger partial charge in [0.15, 0.2) is 0 Å². The van der Waals surface area contributed by atoms with Gasteiger partial charge in [0, 0.05) is 12.8 Å². The molecular formula is C70H133NO5. The zero-order chi connectivity index (χ0) is 55.0. The minimum atomic E-state index is -0.843. The molecule has 0 aromatic carbocycles. The number of amides is 1. The molecule has 2 unspecified atom stereocenters. The van der Waals surface area contributed by atoms with Crippen molar-refractivity contribution in [2.45, 2.75) is 386 Å². The summed E-state index contributed by atoms with van der Waals surface area (Å²) in [5.41, 5.74) is 0. The van der Waals surface area contributed by atoms with Crippen LogP contribution in [-0.2, 0) is 14.3 Å². The number of carbonyl (C=O) groups is 2. The number of nitrogens with one attached hydrogen (secondary N) is 1. The van der Waals surface area contributed by atoms with E-state index in [1.807, 2.05) is 6.08 Å². The highest BCUT2D eigenvalue weighted by Crippen LogP contribution is 2.18. The van der Waals surface area contributed by atoms with E-state index in [0.717, 1.165) is 51.4 Å². The van der Waals surface area contributed by atoms with E-state index in [0.29, 0.717) is 19.4 Å². The van der Waals surface area contributed by atoms with Crippen LogP contribution >= 0.6 is 0 Å². The van der Waals surface area contributed by atoms with Gasteiger partial charge in [-0.2, -0.15) is 0 Å². The Balaban J connectivity index is 3.37. The number of aliphatic hydroxyl groups is 2. The second kappa shape index (κ2) is 65.6. The van der Waals surface area contributed by atoms with Crippen LogP contribution in [0.25, 0.3) is 0 Å². The third kappa shape index (κ3) is 61.3. The molecule has 0 rings (SSSR count). The number of hydrogen-bond donors (Lipinski definition) is 3. The van der Waals surface area contributed by atoms with Gasteiger partial charge in [0.25, 0.3) is 0 Å². The van der Waals surface area contributed by atoms with Crippen molar-refractivity contribution in [2.24, 2.45) is 0 Å².